The first-order valence-corrected chi connectivity index (χ1v) is 9.83. The smallest absolute Gasteiger partial charge is 0.325 e. The van der Waals surface area contributed by atoms with E-state index < -0.39 is 22.1 Å². The summed E-state index contributed by atoms with van der Waals surface area (Å²) in [5.74, 6) is -0.988. The van der Waals surface area contributed by atoms with Crippen LogP contribution in [0.3, 0.4) is 0 Å². The summed E-state index contributed by atoms with van der Waals surface area (Å²) in [5, 5.41) is 2.46. The number of ether oxygens (including phenoxy) is 1. The molecule has 1 unspecified atom stereocenters. The quantitative estimate of drug-likeness (QED) is 0.525. The molecule has 1 amide bonds. The number of imidazole rings is 1. The molecule has 8 nitrogen and oxygen atoms in total. The number of benzene rings is 1. The molecule has 0 saturated heterocycles. The summed E-state index contributed by atoms with van der Waals surface area (Å²) < 4.78 is 29.4. The van der Waals surface area contributed by atoms with E-state index in [0.717, 1.165) is 6.26 Å². The van der Waals surface area contributed by atoms with Gasteiger partial charge in [-0.15, -0.1) is 4.21 Å². The minimum Gasteiger partial charge on any atom is -0.610 e. The minimum atomic E-state index is -3.30. The Morgan fingerprint density at radius 2 is 1.93 bits per heavy atom. The summed E-state index contributed by atoms with van der Waals surface area (Å²) in [6.45, 7) is -0.268. The Bertz CT molecular complexity index is 1050. The molecule has 0 bridgehead atoms. The molecular formula is C18H17N3O5S. The molecule has 1 atom stereocenters. The first-order valence-electron chi connectivity index (χ1n) is 7.94. The number of methoxy groups -OCH3 is 1. The Kier molecular flexibility index (Phi) is 5.06. The fourth-order valence-electron chi connectivity index (χ4n) is 2.57. The summed E-state index contributed by atoms with van der Waals surface area (Å²) >= 11 is 0. The molecule has 3 aromatic rings. The summed E-state index contributed by atoms with van der Waals surface area (Å²) in [6.07, 6.45) is 2.82. The van der Waals surface area contributed by atoms with E-state index in [4.69, 9.17) is 0 Å². The molecular weight excluding hydrogens is 370 g/mol. The highest BCUT2D eigenvalue weighted by Gasteiger charge is 2.19. The van der Waals surface area contributed by atoms with Gasteiger partial charge >= 0.3 is 5.97 Å². The summed E-state index contributed by atoms with van der Waals surface area (Å²) in [4.78, 5) is 28.3. The van der Waals surface area contributed by atoms with E-state index in [-0.39, 0.29) is 17.3 Å². The Morgan fingerprint density at radius 3 is 2.56 bits per heavy atom. The lowest BCUT2D eigenvalue weighted by molar-refractivity contribution is -0.139. The zero-order chi connectivity index (χ0) is 19.6. The van der Waals surface area contributed by atoms with Crippen LogP contribution in [0.1, 0.15) is 10.6 Å². The summed E-state index contributed by atoms with van der Waals surface area (Å²) in [5.41, 5.74) is 1.87. The second-order valence-electron chi connectivity index (χ2n) is 5.80. The van der Waals surface area contributed by atoms with Crippen molar-refractivity contribution in [2.75, 3.05) is 19.9 Å². The van der Waals surface area contributed by atoms with Crippen LogP contribution in [0, 0.1) is 0 Å². The number of nitrogens with zero attached hydrogens (tertiary/aromatic N) is 2. The molecule has 3 rings (SSSR count). The third-order valence-electron chi connectivity index (χ3n) is 3.93. The van der Waals surface area contributed by atoms with Gasteiger partial charge in [0.1, 0.15) is 12.8 Å². The van der Waals surface area contributed by atoms with Crippen LogP contribution in [0.4, 0.5) is 0 Å². The predicted octanol–water partition coefficient (Wildman–Crippen LogP) is 1.52. The Hall–Kier alpha value is -3.04. The average molecular weight is 387 g/mol. The fraction of sp³-hybridized carbons (Fsp3) is 0.167. The van der Waals surface area contributed by atoms with Crippen molar-refractivity contribution in [1.82, 2.24) is 14.7 Å². The third kappa shape index (κ3) is 3.88. The topological polar surface area (TPSA) is 113 Å². The minimum absolute atomic E-state index is 0.108. The van der Waals surface area contributed by atoms with E-state index in [2.05, 4.69) is 15.0 Å². The zero-order valence-corrected chi connectivity index (χ0v) is 15.5. The van der Waals surface area contributed by atoms with Gasteiger partial charge in [-0.3, -0.25) is 14.0 Å². The van der Waals surface area contributed by atoms with E-state index in [1.54, 1.807) is 34.9 Å². The van der Waals surface area contributed by atoms with Gasteiger partial charge in [-0.1, -0.05) is 6.07 Å². The van der Waals surface area contributed by atoms with Gasteiger partial charge < -0.3 is 14.6 Å². The second kappa shape index (κ2) is 7.29. The highest BCUT2D eigenvalue weighted by atomic mass is 32.3. The summed E-state index contributed by atoms with van der Waals surface area (Å²) in [6, 6.07) is 11.6. The standard InChI is InChI=1S/C18H17N3O5S/c1-26-15(22)11-19-18(23)17-20-16(14-5-3-4-10-21(14)17)12-6-8-13(9-7-12)27(2,24)25/h3-10H,11H2,1-2H3,(H-,19,23,24,25). The number of fused-ring (bicyclic) bond motifs is 1. The number of aromatic nitrogens is 2. The lowest BCUT2D eigenvalue weighted by atomic mass is 10.1. The van der Waals surface area contributed by atoms with E-state index in [0.29, 0.717) is 16.8 Å². The SMILES string of the molecule is COC(=O)CNC(=O)c1nc(-c2ccc([S+](C)(=O)[O-])cc2)c2ccccn12. The molecule has 0 aliphatic rings. The monoisotopic (exact) mass is 387 g/mol. The first-order chi connectivity index (χ1) is 12.8. The van der Waals surface area contributed by atoms with Crippen LogP contribution in [0.2, 0.25) is 0 Å². The van der Waals surface area contributed by atoms with Gasteiger partial charge in [-0.25, -0.2) is 4.98 Å². The summed E-state index contributed by atoms with van der Waals surface area (Å²) in [7, 11) is -2.07. The Balaban J connectivity index is 2.01. The molecule has 27 heavy (non-hydrogen) atoms. The second-order valence-corrected chi connectivity index (χ2v) is 7.81. The number of carbonyl (C=O) groups is 2. The molecule has 1 aromatic carbocycles. The van der Waals surface area contributed by atoms with Crippen molar-refractivity contribution in [2.24, 2.45) is 0 Å². The van der Waals surface area contributed by atoms with Crippen LogP contribution in [0.5, 0.6) is 0 Å². The highest BCUT2D eigenvalue weighted by molar-refractivity contribution is 7.97. The van der Waals surface area contributed by atoms with Gasteiger partial charge in [0.2, 0.25) is 5.82 Å². The molecule has 0 spiro atoms. The number of hydrogen-bond acceptors (Lipinski definition) is 6. The number of nitrogens with one attached hydrogen (secondary N) is 1. The number of carbonyl (C=O) groups excluding carboxylic acids is 2. The maximum atomic E-state index is 12.4. The Morgan fingerprint density at radius 1 is 1.22 bits per heavy atom. The number of amides is 1. The van der Waals surface area contributed by atoms with Crippen molar-refractivity contribution in [3.05, 3.63) is 54.5 Å². The predicted molar refractivity (Wildman–Crippen MR) is 98.0 cm³/mol. The Labute approximate surface area is 156 Å². The van der Waals surface area contributed by atoms with E-state index in [9.17, 15) is 18.4 Å². The molecule has 0 radical (unpaired) electrons. The first kappa shape index (κ1) is 18.7. The van der Waals surface area contributed by atoms with Crippen molar-refractivity contribution in [3.8, 4) is 11.3 Å². The highest BCUT2D eigenvalue weighted by Crippen LogP contribution is 2.26. The number of sulfone groups is 1. The van der Waals surface area contributed by atoms with Gasteiger partial charge in [0.25, 0.3) is 5.91 Å². The number of esters is 1. The van der Waals surface area contributed by atoms with Gasteiger partial charge in [-0.2, -0.15) is 0 Å². The van der Waals surface area contributed by atoms with Crippen molar-refractivity contribution in [1.29, 1.82) is 0 Å². The van der Waals surface area contributed by atoms with Crippen molar-refractivity contribution >= 4 is 27.6 Å². The zero-order valence-electron chi connectivity index (χ0n) is 14.7. The molecule has 2 heterocycles. The van der Waals surface area contributed by atoms with Gasteiger partial charge in [-0.05, 0) is 36.4 Å². The molecule has 9 heteroatoms. The van der Waals surface area contributed by atoms with E-state index in [1.807, 2.05) is 6.07 Å². The van der Waals surface area contributed by atoms with Crippen LogP contribution in [0.15, 0.2) is 53.6 Å². The number of hydrogen-bond donors (Lipinski definition) is 1. The molecule has 0 aliphatic heterocycles. The van der Waals surface area contributed by atoms with Crippen LogP contribution in [-0.4, -0.2) is 45.7 Å². The lowest BCUT2D eigenvalue weighted by Crippen LogP contribution is -2.31. The van der Waals surface area contributed by atoms with Crippen LogP contribution >= 0.6 is 0 Å². The molecule has 1 N–H and O–H groups in total. The van der Waals surface area contributed by atoms with Gasteiger partial charge in [0, 0.05) is 11.8 Å². The van der Waals surface area contributed by atoms with Gasteiger partial charge in [0.05, 0.1) is 28.5 Å². The number of rotatable bonds is 5. The fourth-order valence-corrected chi connectivity index (χ4v) is 3.20. The largest absolute Gasteiger partial charge is 0.610 e. The van der Waals surface area contributed by atoms with Crippen LogP contribution < -0.4 is 5.32 Å². The molecule has 0 aliphatic carbocycles. The van der Waals surface area contributed by atoms with E-state index in [1.165, 1.54) is 19.2 Å². The molecule has 0 saturated carbocycles. The molecule has 2 aromatic heterocycles. The van der Waals surface area contributed by atoms with Gasteiger partial charge in [0.15, 0.2) is 4.90 Å². The lowest BCUT2D eigenvalue weighted by Gasteiger charge is -2.08. The van der Waals surface area contributed by atoms with E-state index >= 15 is 0 Å². The maximum absolute atomic E-state index is 12.4. The van der Waals surface area contributed by atoms with Crippen molar-refractivity contribution in [3.63, 3.8) is 0 Å². The molecule has 0 fully saturated rings. The molecule has 140 valence electrons. The normalized spacial score (nSPS) is 13.1. The third-order valence-corrected chi connectivity index (χ3v) is 5.06. The van der Waals surface area contributed by atoms with Crippen LogP contribution in [-0.2, 0) is 24.0 Å². The maximum Gasteiger partial charge on any atom is 0.325 e. The van der Waals surface area contributed by atoms with Crippen molar-refractivity contribution < 1.29 is 23.1 Å². The van der Waals surface area contributed by atoms with Crippen molar-refractivity contribution in [2.45, 2.75) is 4.90 Å². The number of pyridine rings is 1. The average Bonchev–Trinajstić information content (AvgIpc) is 3.05. The van der Waals surface area contributed by atoms with Crippen LogP contribution in [0.25, 0.3) is 16.8 Å².